The lowest BCUT2D eigenvalue weighted by Gasteiger charge is -2.17. The summed E-state index contributed by atoms with van der Waals surface area (Å²) in [6.45, 7) is 5.77. The Bertz CT molecular complexity index is 703. The van der Waals surface area contributed by atoms with Crippen molar-refractivity contribution >= 4 is 17.5 Å². The van der Waals surface area contributed by atoms with Crippen molar-refractivity contribution in [2.75, 3.05) is 0 Å². The van der Waals surface area contributed by atoms with Crippen LogP contribution < -0.4 is 10.1 Å². The number of halogens is 2. The topological polar surface area (TPSA) is 38.3 Å². The highest BCUT2D eigenvalue weighted by molar-refractivity contribution is 6.33. The Morgan fingerprint density at radius 3 is 2.57 bits per heavy atom. The fourth-order valence-corrected chi connectivity index (χ4v) is 2.41. The molecule has 0 aliphatic rings. The second-order valence-electron chi connectivity index (χ2n) is 5.56. The molecule has 2 aromatic carbocycles. The monoisotopic (exact) mass is 335 g/mol. The summed E-state index contributed by atoms with van der Waals surface area (Å²) in [5.74, 6) is -0.0748. The predicted octanol–water partition coefficient (Wildman–Crippen LogP) is 4.76. The smallest absolute Gasteiger partial charge is 0.253 e. The Hall–Kier alpha value is -2.07. The van der Waals surface area contributed by atoms with E-state index in [0.717, 1.165) is 17.4 Å². The first-order valence-corrected chi connectivity index (χ1v) is 7.77. The van der Waals surface area contributed by atoms with E-state index in [1.54, 1.807) is 0 Å². The van der Waals surface area contributed by atoms with Gasteiger partial charge in [-0.15, -0.1) is 0 Å². The molecule has 23 heavy (non-hydrogen) atoms. The molecular weight excluding hydrogens is 317 g/mol. The standard InChI is InChI=1S/C18H19ClFNO2/c1-11(2)23-15-6-4-5-13(9-15)12(3)21-18(22)16-8-7-14(20)10-17(16)19/h4-12H,1-3H3,(H,21,22)/t12-/m0/s1. The molecule has 0 spiro atoms. The van der Waals surface area contributed by atoms with Gasteiger partial charge in [0.25, 0.3) is 5.91 Å². The lowest BCUT2D eigenvalue weighted by Crippen LogP contribution is -2.27. The van der Waals surface area contributed by atoms with Crippen molar-refractivity contribution in [3.05, 3.63) is 64.4 Å². The predicted molar refractivity (Wildman–Crippen MR) is 89.5 cm³/mol. The highest BCUT2D eigenvalue weighted by Gasteiger charge is 2.15. The van der Waals surface area contributed by atoms with Crippen molar-refractivity contribution in [1.82, 2.24) is 5.32 Å². The van der Waals surface area contributed by atoms with Gasteiger partial charge in [-0.2, -0.15) is 0 Å². The molecule has 0 fully saturated rings. The van der Waals surface area contributed by atoms with Crippen molar-refractivity contribution in [1.29, 1.82) is 0 Å². The molecule has 1 amide bonds. The summed E-state index contributed by atoms with van der Waals surface area (Å²) < 4.78 is 18.7. The van der Waals surface area contributed by atoms with E-state index in [1.807, 2.05) is 45.0 Å². The third-order valence-electron chi connectivity index (χ3n) is 3.25. The second kappa shape index (κ2) is 7.47. The maximum atomic E-state index is 13.1. The first-order valence-electron chi connectivity index (χ1n) is 7.39. The zero-order valence-electron chi connectivity index (χ0n) is 13.3. The van der Waals surface area contributed by atoms with E-state index >= 15 is 0 Å². The number of nitrogens with one attached hydrogen (secondary N) is 1. The van der Waals surface area contributed by atoms with Crippen molar-refractivity contribution in [2.45, 2.75) is 32.9 Å². The number of hydrogen-bond donors (Lipinski definition) is 1. The zero-order chi connectivity index (χ0) is 17.0. The minimum absolute atomic E-state index is 0.0770. The van der Waals surface area contributed by atoms with Gasteiger partial charge in [0.2, 0.25) is 0 Å². The quantitative estimate of drug-likeness (QED) is 0.855. The first-order chi connectivity index (χ1) is 10.9. The summed E-state index contributed by atoms with van der Waals surface area (Å²) in [5, 5.41) is 2.94. The van der Waals surface area contributed by atoms with Gasteiger partial charge in [-0.25, -0.2) is 4.39 Å². The van der Waals surface area contributed by atoms with Gasteiger partial charge in [-0.3, -0.25) is 4.79 Å². The van der Waals surface area contributed by atoms with E-state index < -0.39 is 5.82 Å². The Kier molecular flexibility index (Phi) is 5.61. The van der Waals surface area contributed by atoms with E-state index in [4.69, 9.17) is 16.3 Å². The number of carbonyl (C=O) groups is 1. The van der Waals surface area contributed by atoms with Crippen LogP contribution in [0, 0.1) is 5.82 Å². The molecule has 0 saturated carbocycles. The lowest BCUT2D eigenvalue weighted by atomic mass is 10.1. The van der Waals surface area contributed by atoms with Crippen molar-refractivity contribution in [2.24, 2.45) is 0 Å². The minimum Gasteiger partial charge on any atom is -0.491 e. The average molecular weight is 336 g/mol. The van der Waals surface area contributed by atoms with Crippen LogP contribution >= 0.6 is 11.6 Å². The van der Waals surface area contributed by atoms with Crippen molar-refractivity contribution < 1.29 is 13.9 Å². The Morgan fingerprint density at radius 1 is 1.17 bits per heavy atom. The fourth-order valence-electron chi connectivity index (χ4n) is 2.16. The van der Waals surface area contributed by atoms with E-state index in [0.29, 0.717) is 0 Å². The van der Waals surface area contributed by atoms with Gasteiger partial charge in [0, 0.05) is 0 Å². The highest BCUT2D eigenvalue weighted by atomic mass is 35.5. The van der Waals surface area contributed by atoms with Gasteiger partial charge in [-0.05, 0) is 56.7 Å². The molecule has 0 aliphatic carbocycles. The summed E-state index contributed by atoms with van der Waals surface area (Å²) in [7, 11) is 0. The molecule has 0 unspecified atom stereocenters. The molecule has 0 heterocycles. The highest BCUT2D eigenvalue weighted by Crippen LogP contribution is 2.22. The second-order valence-corrected chi connectivity index (χ2v) is 5.97. The molecule has 0 saturated heterocycles. The molecular formula is C18H19ClFNO2. The van der Waals surface area contributed by atoms with Crippen LogP contribution in [0.1, 0.15) is 42.7 Å². The molecule has 2 aromatic rings. The van der Waals surface area contributed by atoms with Crippen LogP contribution in [-0.4, -0.2) is 12.0 Å². The normalized spacial score (nSPS) is 12.1. The van der Waals surface area contributed by atoms with Gasteiger partial charge in [0.05, 0.1) is 22.7 Å². The lowest BCUT2D eigenvalue weighted by molar-refractivity contribution is 0.0940. The van der Waals surface area contributed by atoms with Gasteiger partial charge in [-0.1, -0.05) is 23.7 Å². The molecule has 1 N–H and O–H groups in total. The molecule has 0 aromatic heterocycles. The van der Waals surface area contributed by atoms with Crippen LogP contribution in [0.3, 0.4) is 0 Å². The molecule has 3 nitrogen and oxygen atoms in total. The van der Waals surface area contributed by atoms with Crippen LogP contribution in [0.5, 0.6) is 5.75 Å². The van der Waals surface area contributed by atoms with E-state index in [9.17, 15) is 9.18 Å². The fraction of sp³-hybridized carbons (Fsp3) is 0.278. The Balaban J connectivity index is 2.12. The zero-order valence-corrected chi connectivity index (χ0v) is 14.0. The number of rotatable bonds is 5. The Morgan fingerprint density at radius 2 is 1.91 bits per heavy atom. The summed E-state index contributed by atoms with van der Waals surface area (Å²) >= 11 is 5.92. The van der Waals surface area contributed by atoms with E-state index in [2.05, 4.69) is 5.32 Å². The van der Waals surface area contributed by atoms with Crippen molar-refractivity contribution in [3.63, 3.8) is 0 Å². The average Bonchev–Trinajstić information content (AvgIpc) is 2.46. The van der Waals surface area contributed by atoms with E-state index in [-0.39, 0.29) is 28.6 Å². The molecule has 0 aliphatic heterocycles. The molecule has 2 rings (SSSR count). The Labute approximate surface area is 140 Å². The van der Waals surface area contributed by atoms with Crippen LogP contribution in [-0.2, 0) is 0 Å². The summed E-state index contributed by atoms with van der Waals surface area (Å²) in [5.41, 5.74) is 1.16. The number of benzene rings is 2. The molecule has 0 radical (unpaired) electrons. The SMILES string of the molecule is CC(C)Oc1cccc([C@H](C)NC(=O)c2ccc(F)cc2Cl)c1. The van der Waals surface area contributed by atoms with Gasteiger partial charge >= 0.3 is 0 Å². The third kappa shape index (κ3) is 4.70. The summed E-state index contributed by atoms with van der Waals surface area (Å²) in [4.78, 5) is 12.3. The number of amides is 1. The summed E-state index contributed by atoms with van der Waals surface area (Å²) in [6.07, 6.45) is 0.0770. The maximum Gasteiger partial charge on any atom is 0.253 e. The summed E-state index contributed by atoms with van der Waals surface area (Å²) in [6, 6.07) is 11.0. The van der Waals surface area contributed by atoms with Gasteiger partial charge in [0.1, 0.15) is 11.6 Å². The largest absolute Gasteiger partial charge is 0.491 e. The number of carbonyl (C=O) groups excluding carboxylic acids is 1. The third-order valence-corrected chi connectivity index (χ3v) is 3.57. The van der Waals surface area contributed by atoms with Crippen LogP contribution in [0.2, 0.25) is 5.02 Å². The van der Waals surface area contributed by atoms with Gasteiger partial charge in [0.15, 0.2) is 0 Å². The maximum absolute atomic E-state index is 13.1. The van der Waals surface area contributed by atoms with Crippen molar-refractivity contribution in [3.8, 4) is 5.75 Å². The molecule has 122 valence electrons. The van der Waals surface area contributed by atoms with Crippen LogP contribution in [0.25, 0.3) is 0 Å². The van der Waals surface area contributed by atoms with Crippen LogP contribution in [0.4, 0.5) is 4.39 Å². The van der Waals surface area contributed by atoms with E-state index in [1.165, 1.54) is 12.1 Å². The number of ether oxygens (including phenoxy) is 1. The molecule has 1 atom stereocenters. The minimum atomic E-state index is -0.474. The molecule has 5 heteroatoms. The van der Waals surface area contributed by atoms with Gasteiger partial charge < -0.3 is 10.1 Å². The first kappa shape index (κ1) is 17.3. The number of hydrogen-bond acceptors (Lipinski definition) is 2. The van der Waals surface area contributed by atoms with Crippen LogP contribution in [0.15, 0.2) is 42.5 Å². The molecule has 0 bridgehead atoms.